The molecule has 0 heterocycles. The van der Waals surface area contributed by atoms with E-state index < -0.39 is 11.7 Å². The van der Waals surface area contributed by atoms with Gasteiger partial charge in [-0.05, 0) is 30.2 Å². The first-order valence-corrected chi connectivity index (χ1v) is 4.85. The van der Waals surface area contributed by atoms with Crippen LogP contribution in [-0.4, -0.2) is 6.61 Å². The molecule has 0 aliphatic heterocycles. The summed E-state index contributed by atoms with van der Waals surface area (Å²) in [4.78, 5) is 4.49. The van der Waals surface area contributed by atoms with Gasteiger partial charge < -0.3 is 4.84 Å². The zero-order chi connectivity index (χ0) is 12.3. The van der Waals surface area contributed by atoms with Crippen LogP contribution in [0, 0.1) is 6.92 Å². The van der Waals surface area contributed by atoms with E-state index in [1.165, 1.54) is 6.07 Å². The topological polar surface area (TPSA) is 35.2 Å². The van der Waals surface area contributed by atoms with Gasteiger partial charge in [0.2, 0.25) is 0 Å². The zero-order valence-corrected chi connectivity index (χ0v) is 9.14. The maximum absolute atomic E-state index is 12.4. The third-order valence-corrected chi connectivity index (χ3v) is 2.47. The van der Waals surface area contributed by atoms with Crippen LogP contribution in [-0.2, 0) is 11.0 Å². The first kappa shape index (κ1) is 13.0. The first-order valence-electron chi connectivity index (χ1n) is 4.85. The third-order valence-electron chi connectivity index (χ3n) is 2.47. The maximum Gasteiger partial charge on any atom is 0.416 e. The molecule has 0 aromatic heterocycles. The smallest absolute Gasteiger partial charge is 0.304 e. The van der Waals surface area contributed by atoms with Crippen LogP contribution in [0.25, 0.3) is 0 Å². The number of hydrogen-bond donors (Lipinski definition) is 1. The van der Waals surface area contributed by atoms with Gasteiger partial charge in [-0.3, -0.25) is 0 Å². The summed E-state index contributed by atoms with van der Waals surface area (Å²) in [5.74, 6) is 4.91. The Labute approximate surface area is 92.2 Å². The molecule has 5 heteroatoms. The molecule has 2 N–H and O–H groups in total. The number of rotatable bonds is 3. The summed E-state index contributed by atoms with van der Waals surface area (Å²) in [6.07, 6.45) is -4.29. The lowest BCUT2D eigenvalue weighted by Crippen LogP contribution is -2.11. The van der Waals surface area contributed by atoms with Gasteiger partial charge in [0.05, 0.1) is 12.2 Å². The van der Waals surface area contributed by atoms with Crippen LogP contribution >= 0.6 is 0 Å². The summed E-state index contributed by atoms with van der Waals surface area (Å²) in [5.41, 5.74) is 0.785. The van der Waals surface area contributed by atoms with E-state index in [1.54, 1.807) is 6.92 Å². The van der Waals surface area contributed by atoms with E-state index in [4.69, 9.17) is 5.90 Å². The summed E-state index contributed by atoms with van der Waals surface area (Å²) in [6.45, 7) is 3.78. The van der Waals surface area contributed by atoms with Crippen molar-refractivity contribution in [2.24, 2.45) is 5.90 Å². The molecule has 1 rings (SSSR count). The lowest BCUT2D eigenvalue weighted by Gasteiger charge is -2.15. The number of alkyl halides is 3. The molecule has 2 nitrogen and oxygen atoms in total. The van der Waals surface area contributed by atoms with Crippen LogP contribution in [0.2, 0.25) is 0 Å². The normalized spacial score (nSPS) is 13.9. The second kappa shape index (κ2) is 4.84. The minimum atomic E-state index is -4.29. The molecule has 0 saturated carbocycles. The molecule has 1 atom stereocenters. The van der Waals surface area contributed by atoms with E-state index in [-0.39, 0.29) is 12.5 Å². The number of nitrogens with two attached hydrogens (primary N) is 1. The van der Waals surface area contributed by atoms with E-state index in [0.717, 1.165) is 17.7 Å². The lowest BCUT2D eigenvalue weighted by atomic mass is 9.95. The summed E-state index contributed by atoms with van der Waals surface area (Å²) in [6, 6.07) is 3.69. The molecular formula is C11H14F3NO. The molecular weight excluding hydrogens is 219 g/mol. The predicted molar refractivity (Wildman–Crippen MR) is 54.7 cm³/mol. The van der Waals surface area contributed by atoms with Gasteiger partial charge in [0, 0.05) is 5.92 Å². The van der Waals surface area contributed by atoms with Gasteiger partial charge in [-0.25, -0.2) is 5.90 Å². The van der Waals surface area contributed by atoms with E-state index in [2.05, 4.69) is 4.84 Å². The monoisotopic (exact) mass is 233 g/mol. The van der Waals surface area contributed by atoms with Crippen molar-refractivity contribution in [1.82, 2.24) is 0 Å². The Balaban J connectivity index is 3.00. The van der Waals surface area contributed by atoms with Gasteiger partial charge in [-0.2, -0.15) is 13.2 Å². The van der Waals surface area contributed by atoms with E-state index in [9.17, 15) is 13.2 Å². The Hall–Kier alpha value is -1.07. The molecule has 0 saturated heterocycles. The van der Waals surface area contributed by atoms with Crippen molar-refractivity contribution in [1.29, 1.82) is 0 Å². The molecule has 0 spiro atoms. The molecule has 0 aliphatic carbocycles. The maximum atomic E-state index is 12.4. The summed E-state index contributed by atoms with van der Waals surface area (Å²) < 4.78 is 37.2. The van der Waals surface area contributed by atoms with Crippen molar-refractivity contribution in [2.75, 3.05) is 6.61 Å². The summed E-state index contributed by atoms with van der Waals surface area (Å²) in [7, 11) is 0. The summed E-state index contributed by atoms with van der Waals surface area (Å²) >= 11 is 0. The second-order valence-electron chi connectivity index (χ2n) is 3.80. The molecule has 1 aromatic rings. The molecule has 0 radical (unpaired) electrons. The number of hydrogen-bond acceptors (Lipinski definition) is 2. The Kier molecular flexibility index (Phi) is 3.93. The van der Waals surface area contributed by atoms with Crippen LogP contribution in [0.5, 0.6) is 0 Å². The highest BCUT2D eigenvalue weighted by Crippen LogP contribution is 2.31. The van der Waals surface area contributed by atoms with Crippen LogP contribution in [0.4, 0.5) is 13.2 Å². The highest BCUT2D eigenvalue weighted by atomic mass is 19.4. The molecule has 90 valence electrons. The van der Waals surface area contributed by atoms with E-state index >= 15 is 0 Å². The van der Waals surface area contributed by atoms with Crippen molar-refractivity contribution in [2.45, 2.75) is 25.9 Å². The Morgan fingerprint density at radius 1 is 1.38 bits per heavy atom. The number of aryl methyl sites for hydroxylation is 1. The Bertz CT molecular complexity index is 363. The van der Waals surface area contributed by atoms with Gasteiger partial charge in [0.15, 0.2) is 0 Å². The van der Waals surface area contributed by atoms with Gasteiger partial charge >= 0.3 is 6.18 Å². The van der Waals surface area contributed by atoms with Crippen LogP contribution in [0.1, 0.15) is 29.5 Å². The molecule has 0 amide bonds. The van der Waals surface area contributed by atoms with Gasteiger partial charge in [-0.1, -0.05) is 13.0 Å². The standard InChI is InChI=1S/C11H14F3NO/c1-7-5-9(11(12,13)14)3-4-10(7)8(2)6-16-15/h3-5,8H,6,15H2,1-2H3. The van der Waals surface area contributed by atoms with Crippen molar-refractivity contribution in [3.05, 3.63) is 34.9 Å². The second-order valence-corrected chi connectivity index (χ2v) is 3.80. The fraction of sp³-hybridized carbons (Fsp3) is 0.455. The summed E-state index contributed by atoms with van der Waals surface area (Å²) in [5, 5.41) is 0. The van der Waals surface area contributed by atoms with Crippen LogP contribution in [0.15, 0.2) is 18.2 Å². The SMILES string of the molecule is Cc1cc(C(F)(F)F)ccc1C(C)CON. The van der Waals surface area contributed by atoms with Crippen molar-refractivity contribution in [3.8, 4) is 0 Å². The van der Waals surface area contributed by atoms with Crippen LogP contribution < -0.4 is 5.90 Å². The molecule has 1 aromatic carbocycles. The van der Waals surface area contributed by atoms with E-state index in [0.29, 0.717) is 5.56 Å². The third kappa shape index (κ3) is 2.96. The molecule has 16 heavy (non-hydrogen) atoms. The quantitative estimate of drug-likeness (QED) is 0.814. The number of halogens is 3. The Morgan fingerprint density at radius 3 is 2.44 bits per heavy atom. The molecule has 0 fully saturated rings. The average Bonchev–Trinajstić information content (AvgIpc) is 2.16. The largest absolute Gasteiger partial charge is 0.416 e. The van der Waals surface area contributed by atoms with Gasteiger partial charge in [0.1, 0.15) is 0 Å². The van der Waals surface area contributed by atoms with Crippen molar-refractivity contribution < 1.29 is 18.0 Å². The predicted octanol–water partition coefficient (Wildman–Crippen LogP) is 3.01. The van der Waals surface area contributed by atoms with E-state index in [1.807, 2.05) is 6.92 Å². The molecule has 0 bridgehead atoms. The fourth-order valence-electron chi connectivity index (χ4n) is 1.64. The minimum absolute atomic E-state index is 0.0210. The average molecular weight is 233 g/mol. The highest BCUT2D eigenvalue weighted by Gasteiger charge is 2.30. The zero-order valence-electron chi connectivity index (χ0n) is 9.14. The van der Waals surface area contributed by atoms with Crippen LogP contribution in [0.3, 0.4) is 0 Å². The molecule has 0 aliphatic rings. The van der Waals surface area contributed by atoms with Gasteiger partial charge in [0.25, 0.3) is 0 Å². The number of benzene rings is 1. The Morgan fingerprint density at radius 2 is 2.00 bits per heavy atom. The van der Waals surface area contributed by atoms with Crippen molar-refractivity contribution in [3.63, 3.8) is 0 Å². The minimum Gasteiger partial charge on any atom is -0.304 e. The van der Waals surface area contributed by atoms with Crippen molar-refractivity contribution >= 4 is 0 Å². The lowest BCUT2D eigenvalue weighted by molar-refractivity contribution is -0.137. The van der Waals surface area contributed by atoms with Gasteiger partial charge in [-0.15, -0.1) is 0 Å². The highest BCUT2D eigenvalue weighted by molar-refractivity contribution is 5.34. The first-order chi connectivity index (χ1) is 7.36. The molecule has 1 unspecified atom stereocenters. The fourth-order valence-corrected chi connectivity index (χ4v) is 1.64.